The summed E-state index contributed by atoms with van der Waals surface area (Å²) in [6, 6.07) is 20.6. The molecule has 0 heterocycles. The normalized spacial score (nSPS) is 10.9. The summed E-state index contributed by atoms with van der Waals surface area (Å²) in [6.07, 6.45) is 0.889. The second-order valence-electron chi connectivity index (χ2n) is 4.95. The van der Waals surface area contributed by atoms with Gasteiger partial charge in [-0.1, -0.05) is 66.2 Å². The standard InChI is InChI=1S/C11H15NO.C7H8/c1-9(12-10(2)13)8-11-6-4-3-5-7-11;1-7-5-3-2-4-6-7/h3-7,9H,8H2,1-2H3,(H,12,13);2-6H,1H3. The lowest BCUT2D eigenvalue weighted by atomic mass is 10.1. The molecule has 20 heavy (non-hydrogen) atoms. The Balaban J connectivity index is 0.000000240. The second-order valence-corrected chi connectivity index (χ2v) is 4.95. The zero-order valence-corrected chi connectivity index (χ0v) is 12.5. The zero-order valence-electron chi connectivity index (χ0n) is 12.5. The molecule has 0 spiro atoms. The van der Waals surface area contributed by atoms with Crippen LogP contribution in [0.25, 0.3) is 0 Å². The van der Waals surface area contributed by atoms with Gasteiger partial charge in [-0.25, -0.2) is 0 Å². The molecule has 1 N–H and O–H groups in total. The molecular formula is C18H23NO. The Hall–Kier alpha value is -2.09. The molecule has 0 radical (unpaired) electrons. The van der Waals surface area contributed by atoms with E-state index >= 15 is 0 Å². The SMILES string of the molecule is CC(=O)NC(C)Cc1ccccc1.Cc1ccccc1. The fourth-order valence-corrected chi connectivity index (χ4v) is 1.90. The van der Waals surface area contributed by atoms with E-state index < -0.39 is 0 Å². The fourth-order valence-electron chi connectivity index (χ4n) is 1.90. The van der Waals surface area contributed by atoms with E-state index in [4.69, 9.17) is 0 Å². The summed E-state index contributed by atoms with van der Waals surface area (Å²) in [6.45, 7) is 5.63. The maximum absolute atomic E-state index is 10.7. The highest BCUT2D eigenvalue weighted by Crippen LogP contribution is 2.02. The van der Waals surface area contributed by atoms with Gasteiger partial charge < -0.3 is 5.32 Å². The van der Waals surface area contributed by atoms with Gasteiger partial charge in [0.25, 0.3) is 0 Å². The van der Waals surface area contributed by atoms with Crippen molar-refractivity contribution in [3.05, 3.63) is 71.8 Å². The van der Waals surface area contributed by atoms with Crippen LogP contribution in [0.4, 0.5) is 0 Å². The highest BCUT2D eigenvalue weighted by atomic mass is 16.1. The van der Waals surface area contributed by atoms with Gasteiger partial charge in [0.1, 0.15) is 0 Å². The number of carbonyl (C=O) groups is 1. The quantitative estimate of drug-likeness (QED) is 0.903. The summed E-state index contributed by atoms with van der Waals surface area (Å²) in [5, 5.41) is 2.85. The molecule has 0 fully saturated rings. The Kier molecular flexibility index (Phi) is 7.12. The van der Waals surface area contributed by atoms with Gasteiger partial charge in [-0.15, -0.1) is 0 Å². The van der Waals surface area contributed by atoms with Crippen LogP contribution in [-0.2, 0) is 11.2 Å². The molecule has 1 unspecified atom stereocenters. The molecule has 2 aromatic rings. The van der Waals surface area contributed by atoms with Gasteiger partial charge in [0, 0.05) is 13.0 Å². The van der Waals surface area contributed by atoms with Gasteiger partial charge >= 0.3 is 0 Å². The van der Waals surface area contributed by atoms with Gasteiger partial charge in [0.05, 0.1) is 0 Å². The minimum atomic E-state index is 0.0310. The Labute approximate surface area is 121 Å². The van der Waals surface area contributed by atoms with Crippen LogP contribution >= 0.6 is 0 Å². The third kappa shape index (κ3) is 7.37. The molecule has 0 aliphatic rings. The first-order valence-electron chi connectivity index (χ1n) is 6.90. The van der Waals surface area contributed by atoms with Crippen molar-refractivity contribution < 1.29 is 4.79 Å². The monoisotopic (exact) mass is 269 g/mol. The minimum absolute atomic E-state index is 0.0310. The van der Waals surface area contributed by atoms with Crippen LogP contribution in [0.3, 0.4) is 0 Å². The molecule has 0 saturated carbocycles. The van der Waals surface area contributed by atoms with Gasteiger partial charge in [-0.3, -0.25) is 4.79 Å². The summed E-state index contributed by atoms with van der Waals surface area (Å²) in [7, 11) is 0. The molecule has 0 bridgehead atoms. The molecule has 0 aliphatic carbocycles. The molecule has 106 valence electrons. The summed E-state index contributed by atoms with van der Waals surface area (Å²) in [5.74, 6) is 0.0310. The van der Waals surface area contributed by atoms with E-state index in [0.29, 0.717) is 0 Å². The van der Waals surface area contributed by atoms with E-state index in [1.165, 1.54) is 11.1 Å². The Morgan fingerprint density at radius 3 is 1.90 bits per heavy atom. The number of nitrogens with one attached hydrogen (secondary N) is 1. The second kappa shape index (κ2) is 8.92. The van der Waals surface area contributed by atoms with Crippen molar-refractivity contribution >= 4 is 5.91 Å². The molecule has 2 nitrogen and oxygen atoms in total. The average Bonchev–Trinajstić information content (AvgIpc) is 2.40. The van der Waals surface area contributed by atoms with Gasteiger partial charge in [-0.05, 0) is 25.8 Å². The van der Waals surface area contributed by atoms with Crippen LogP contribution < -0.4 is 5.32 Å². The number of rotatable bonds is 3. The van der Waals surface area contributed by atoms with E-state index in [1.807, 2.05) is 43.3 Å². The lowest BCUT2D eigenvalue weighted by Gasteiger charge is -2.11. The third-order valence-electron chi connectivity index (χ3n) is 2.77. The summed E-state index contributed by atoms with van der Waals surface area (Å²) in [5.41, 5.74) is 2.58. The molecule has 0 saturated heterocycles. The van der Waals surface area contributed by atoms with Crippen molar-refractivity contribution in [2.75, 3.05) is 0 Å². The van der Waals surface area contributed by atoms with Crippen molar-refractivity contribution in [3.8, 4) is 0 Å². The Bertz CT molecular complexity index is 493. The Morgan fingerprint density at radius 1 is 1.00 bits per heavy atom. The first kappa shape index (κ1) is 16.0. The van der Waals surface area contributed by atoms with Crippen LogP contribution in [0.1, 0.15) is 25.0 Å². The van der Waals surface area contributed by atoms with Crippen LogP contribution in [0.5, 0.6) is 0 Å². The first-order valence-corrected chi connectivity index (χ1v) is 6.90. The maximum atomic E-state index is 10.7. The fraction of sp³-hybridized carbons (Fsp3) is 0.278. The minimum Gasteiger partial charge on any atom is -0.354 e. The van der Waals surface area contributed by atoms with Crippen molar-refractivity contribution in [1.82, 2.24) is 5.32 Å². The highest BCUT2D eigenvalue weighted by molar-refractivity contribution is 5.73. The van der Waals surface area contributed by atoms with Gasteiger partial charge in [0.2, 0.25) is 5.91 Å². The lowest BCUT2D eigenvalue weighted by molar-refractivity contribution is -0.119. The summed E-state index contributed by atoms with van der Waals surface area (Å²) < 4.78 is 0. The van der Waals surface area contributed by atoms with Gasteiger partial charge in [0.15, 0.2) is 0 Å². The zero-order chi connectivity index (χ0) is 14.8. The van der Waals surface area contributed by atoms with Crippen molar-refractivity contribution in [2.24, 2.45) is 0 Å². The predicted molar refractivity (Wildman–Crippen MR) is 84.6 cm³/mol. The number of carbonyl (C=O) groups excluding carboxylic acids is 1. The van der Waals surface area contributed by atoms with Crippen LogP contribution in [0, 0.1) is 6.92 Å². The topological polar surface area (TPSA) is 29.1 Å². The molecule has 2 aromatic carbocycles. The number of benzene rings is 2. The average molecular weight is 269 g/mol. The predicted octanol–water partition coefficient (Wildman–Crippen LogP) is 3.75. The molecule has 1 amide bonds. The molecule has 0 aliphatic heterocycles. The number of hydrogen-bond donors (Lipinski definition) is 1. The summed E-state index contributed by atoms with van der Waals surface area (Å²) >= 11 is 0. The van der Waals surface area contributed by atoms with E-state index in [9.17, 15) is 4.79 Å². The summed E-state index contributed by atoms with van der Waals surface area (Å²) in [4.78, 5) is 10.7. The van der Waals surface area contributed by atoms with Crippen LogP contribution in [0.2, 0.25) is 0 Å². The molecule has 1 atom stereocenters. The highest BCUT2D eigenvalue weighted by Gasteiger charge is 2.03. The van der Waals surface area contributed by atoms with Crippen molar-refractivity contribution in [3.63, 3.8) is 0 Å². The number of amides is 1. The Morgan fingerprint density at radius 2 is 1.50 bits per heavy atom. The first-order chi connectivity index (χ1) is 9.58. The van der Waals surface area contributed by atoms with Gasteiger partial charge in [-0.2, -0.15) is 0 Å². The van der Waals surface area contributed by atoms with E-state index in [-0.39, 0.29) is 11.9 Å². The number of aryl methyl sites for hydroxylation is 1. The molecule has 0 aromatic heterocycles. The number of hydrogen-bond acceptors (Lipinski definition) is 1. The molecular weight excluding hydrogens is 246 g/mol. The lowest BCUT2D eigenvalue weighted by Crippen LogP contribution is -2.31. The van der Waals surface area contributed by atoms with E-state index in [0.717, 1.165) is 6.42 Å². The smallest absolute Gasteiger partial charge is 0.217 e. The molecule has 2 heteroatoms. The molecule has 2 rings (SSSR count). The van der Waals surface area contributed by atoms with E-state index in [1.54, 1.807) is 6.92 Å². The third-order valence-corrected chi connectivity index (χ3v) is 2.77. The van der Waals surface area contributed by atoms with E-state index in [2.05, 4.69) is 36.5 Å². The van der Waals surface area contributed by atoms with Crippen molar-refractivity contribution in [1.29, 1.82) is 0 Å². The maximum Gasteiger partial charge on any atom is 0.217 e. The van der Waals surface area contributed by atoms with Crippen molar-refractivity contribution in [2.45, 2.75) is 33.2 Å². The van der Waals surface area contributed by atoms with Crippen LogP contribution in [-0.4, -0.2) is 11.9 Å². The van der Waals surface area contributed by atoms with Crippen LogP contribution in [0.15, 0.2) is 60.7 Å². The largest absolute Gasteiger partial charge is 0.354 e.